The van der Waals surface area contributed by atoms with Gasteiger partial charge < -0.3 is 19.8 Å². The molecule has 0 bridgehead atoms. The fourth-order valence-electron chi connectivity index (χ4n) is 2.61. The molecule has 2 heterocycles. The standard InChI is InChI=1S/C16H17ClN4O4/c1-9(18-16(24)21-7-6-11(8-21)15(22)23)13-19-14(25-20-13)10-2-4-12(17)5-3-10/h2-5,9,11H,6-8H2,1H3,(H,18,24)(H,22,23). The second-order valence-electron chi connectivity index (χ2n) is 5.91. The van der Waals surface area contributed by atoms with Gasteiger partial charge in [0.05, 0.1) is 12.0 Å². The number of hydrogen-bond acceptors (Lipinski definition) is 5. The predicted molar refractivity (Wildman–Crippen MR) is 89.0 cm³/mol. The number of hydrogen-bond donors (Lipinski definition) is 2. The summed E-state index contributed by atoms with van der Waals surface area (Å²) in [7, 11) is 0. The first-order valence-corrected chi connectivity index (χ1v) is 8.19. The van der Waals surface area contributed by atoms with Gasteiger partial charge in [-0.2, -0.15) is 4.98 Å². The first-order chi connectivity index (χ1) is 11.9. The van der Waals surface area contributed by atoms with Gasteiger partial charge in [-0.15, -0.1) is 0 Å². The highest BCUT2D eigenvalue weighted by atomic mass is 35.5. The van der Waals surface area contributed by atoms with Crippen molar-refractivity contribution >= 4 is 23.6 Å². The smallest absolute Gasteiger partial charge is 0.318 e. The lowest BCUT2D eigenvalue weighted by Gasteiger charge is -2.19. The van der Waals surface area contributed by atoms with Crippen LogP contribution >= 0.6 is 11.6 Å². The van der Waals surface area contributed by atoms with Crippen LogP contribution in [0.2, 0.25) is 5.02 Å². The van der Waals surface area contributed by atoms with Crippen molar-refractivity contribution in [2.45, 2.75) is 19.4 Å². The third-order valence-corrected chi connectivity index (χ3v) is 4.34. The number of halogens is 1. The molecule has 1 aliphatic rings. The minimum absolute atomic E-state index is 0.205. The van der Waals surface area contributed by atoms with Crippen molar-refractivity contribution in [1.82, 2.24) is 20.4 Å². The third kappa shape index (κ3) is 3.90. The van der Waals surface area contributed by atoms with E-state index in [4.69, 9.17) is 21.2 Å². The summed E-state index contributed by atoms with van der Waals surface area (Å²) in [6, 6.07) is 6.16. The normalized spacial score (nSPS) is 18.2. The van der Waals surface area contributed by atoms with E-state index in [0.717, 1.165) is 5.56 Å². The Bertz CT molecular complexity index is 777. The van der Waals surface area contributed by atoms with Crippen LogP contribution in [0.4, 0.5) is 4.79 Å². The Morgan fingerprint density at radius 1 is 1.40 bits per heavy atom. The lowest BCUT2D eigenvalue weighted by Crippen LogP contribution is -2.40. The second-order valence-corrected chi connectivity index (χ2v) is 6.34. The van der Waals surface area contributed by atoms with Crippen molar-refractivity contribution in [3.63, 3.8) is 0 Å². The molecule has 9 heteroatoms. The molecule has 3 rings (SSSR count). The number of carbonyl (C=O) groups is 2. The molecule has 132 valence electrons. The molecule has 1 aromatic carbocycles. The monoisotopic (exact) mass is 364 g/mol. The van der Waals surface area contributed by atoms with Crippen molar-refractivity contribution in [2.75, 3.05) is 13.1 Å². The van der Waals surface area contributed by atoms with Crippen LogP contribution in [-0.2, 0) is 4.79 Å². The van der Waals surface area contributed by atoms with Crippen LogP contribution in [0, 0.1) is 5.92 Å². The van der Waals surface area contributed by atoms with Crippen LogP contribution < -0.4 is 5.32 Å². The maximum absolute atomic E-state index is 12.2. The van der Waals surface area contributed by atoms with E-state index in [2.05, 4.69) is 15.5 Å². The fourth-order valence-corrected chi connectivity index (χ4v) is 2.73. The Morgan fingerprint density at radius 2 is 2.12 bits per heavy atom. The number of carboxylic acid groups (broad SMARTS) is 1. The molecule has 2 aromatic rings. The topological polar surface area (TPSA) is 109 Å². The number of aromatic nitrogens is 2. The Labute approximate surface area is 148 Å². The number of carboxylic acids is 1. The number of urea groups is 1. The van der Waals surface area contributed by atoms with Crippen molar-refractivity contribution in [2.24, 2.45) is 5.92 Å². The third-order valence-electron chi connectivity index (χ3n) is 4.08. The zero-order chi connectivity index (χ0) is 18.0. The lowest BCUT2D eigenvalue weighted by atomic mass is 10.1. The Hall–Kier alpha value is -2.61. The molecule has 2 amide bonds. The zero-order valence-electron chi connectivity index (χ0n) is 13.5. The summed E-state index contributed by atoms with van der Waals surface area (Å²) in [5, 5.41) is 16.3. The van der Waals surface area contributed by atoms with Gasteiger partial charge in [0.2, 0.25) is 0 Å². The molecule has 1 fully saturated rings. The molecule has 2 atom stereocenters. The molecule has 1 aromatic heterocycles. The van der Waals surface area contributed by atoms with Gasteiger partial charge in [0.25, 0.3) is 5.89 Å². The number of benzene rings is 1. The van der Waals surface area contributed by atoms with Crippen molar-refractivity contribution in [1.29, 1.82) is 0 Å². The van der Waals surface area contributed by atoms with E-state index >= 15 is 0 Å². The molecule has 0 aliphatic carbocycles. The van der Waals surface area contributed by atoms with Crippen LogP contribution in [0.3, 0.4) is 0 Å². The summed E-state index contributed by atoms with van der Waals surface area (Å²) in [4.78, 5) is 29.0. The second kappa shape index (κ2) is 7.10. The van der Waals surface area contributed by atoms with Gasteiger partial charge in [-0.25, -0.2) is 4.79 Å². The molecule has 2 unspecified atom stereocenters. The number of likely N-dealkylation sites (tertiary alicyclic amines) is 1. The van der Waals surface area contributed by atoms with Crippen LogP contribution in [0.1, 0.15) is 25.2 Å². The van der Waals surface area contributed by atoms with Gasteiger partial charge in [-0.05, 0) is 37.6 Å². The summed E-state index contributed by atoms with van der Waals surface area (Å²) >= 11 is 5.85. The average molecular weight is 365 g/mol. The first-order valence-electron chi connectivity index (χ1n) is 7.82. The zero-order valence-corrected chi connectivity index (χ0v) is 14.2. The fraction of sp³-hybridized carbons (Fsp3) is 0.375. The molecule has 8 nitrogen and oxygen atoms in total. The van der Waals surface area contributed by atoms with Crippen LogP contribution in [0.5, 0.6) is 0 Å². The van der Waals surface area contributed by atoms with E-state index in [-0.39, 0.29) is 12.6 Å². The van der Waals surface area contributed by atoms with Crippen molar-refractivity contribution < 1.29 is 19.2 Å². The molecule has 2 N–H and O–H groups in total. The summed E-state index contributed by atoms with van der Waals surface area (Å²) in [6.45, 7) is 2.35. The minimum atomic E-state index is -0.880. The maximum Gasteiger partial charge on any atom is 0.318 e. The molecular formula is C16H17ClN4O4. The Kier molecular flexibility index (Phi) is 4.89. The number of rotatable bonds is 4. The quantitative estimate of drug-likeness (QED) is 0.863. The van der Waals surface area contributed by atoms with Gasteiger partial charge in [0.1, 0.15) is 0 Å². The van der Waals surface area contributed by atoms with Crippen LogP contribution in [0.25, 0.3) is 11.5 Å². The van der Waals surface area contributed by atoms with Crippen LogP contribution in [0.15, 0.2) is 28.8 Å². The number of amides is 2. The molecular weight excluding hydrogens is 348 g/mol. The van der Waals surface area contributed by atoms with Crippen molar-refractivity contribution in [3.05, 3.63) is 35.1 Å². The van der Waals surface area contributed by atoms with Crippen LogP contribution in [-0.4, -0.2) is 45.2 Å². The summed E-state index contributed by atoms with van der Waals surface area (Å²) < 4.78 is 5.22. The number of nitrogens with one attached hydrogen (secondary N) is 1. The van der Waals surface area contributed by atoms with E-state index in [1.807, 2.05) is 0 Å². The molecule has 1 saturated heterocycles. The highest BCUT2D eigenvalue weighted by molar-refractivity contribution is 6.30. The first kappa shape index (κ1) is 17.2. The van der Waals surface area contributed by atoms with Gasteiger partial charge >= 0.3 is 12.0 Å². The number of aliphatic carboxylic acids is 1. The Morgan fingerprint density at radius 3 is 2.76 bits per heavy atom. The largest absolute Gasteiger partial charge is 0.481 e. The minimum Gasteiger partial charge on any atom is -0.481 e. The summed E-state index contributed by atoms with van der Waals surface area (Å²) in [6.07, 6.45) is 0.458. The van der Waals surface area contributed by atoms with E-state index in [1.54, 1.807) is 31.2 Å². The lowest BCUT2D eigenvalue weighted by molar-refractivity contribution is -0.141. The summed E-state index contributed by atoms with van der Waals surface area (Å²) in [5.74, 6) is -0.718. The SMILES string of the molecule is CC(NC(=O)N1CCC(C(=O)O)C1)c1noc(-c2ccc(Cl)cc2)n1. The highest BCUT2D eigenvalue weighted by Crippen LogP contribution is 2.22. The predicted octanol–water partition coefficient (Wildman–Crippen LogP) is 2.57. The van der Waals surface area contributed by atoms with E-state index in [0.29, 0.717) is 29.7 Å². The molecule has 0 spiro atoms. The van der Waals surface area contributed by atoms with Gasteiger partial charge in [-0.3, -0.25) is 4.79 Å². The highest BCUT2D eigenvalue weighted by Gasteiger charge is 2.31. The number of carbonyl (C=O) groups excluding carboxylic acids is 1. The van der Waals surface area contributed by atoms with Gasteiger partial charge in [0.15, 0.2) is 5.82 Å². The maximum atomic E-state index is 12.2. The molecule has 0 saturated carbocycles. The number of nitrogens with zero attached hydrogens (tertiary/aromatic N) is 3. The van der Waals surface area contributed by atoms with Crippen molar-refractivity contribution in [3.8, 4) is 11.5 Å². The Balaban J connectivity index is 1.62. The molecule has 25 heavy (non-hydrogen) atoms. The van der Waals surface area contributed by atoms with E-state index in [1.165, 1.54) is 4.90 Å². The van der Waals surface area contributed by atoms with E-state index in [9.17, 15) is 9.59 Å². The van der Waals surface area contributed by atoms with E-state index < -0.39 is 17.9 Å². The average Bonchev–Trinajstić information content (AvgIpc) is 3.25. The van der Waals surface area contributed by atoms with Gasteiger partial charge in [0, 0.05) is 23.7 Å². The molecule has 1 aliphatic heterocycles. The van der Waals surface area contributed by atoms with Gasteiger partial charge in [-0.1, -0.05) is 16.8 Å². The summed E-state index contributed by atoms with van der Waals surface area (Å²) in [5.41, 5.74) is 0.727. The molecule has 0 radical (unpaired) electrons.